The van der Waals surface area contributed by atoms with Gasteiger partial charge in [0.1, 0.15) is 11.6 Å². The van der Waals surface area contributed by atoms with Crippen LogP contribution in [0.3, 0.4) is 0 Å². The fourth-order valence-electron chi connectivity index (χ4n) is 3.48. The summed E-state index contributed by atoms with van der Waals surface area (Å²) in [5.41, 5.74) is 2.62. The van der Waals surface area contributed by atoms with Gasteiger partial charge in [-0.1, -0.05) is 39.1 Å². The summed E-state index contributed by atoms with van der Waals surface area (Å²) in [7, 11) is 0. The smallest absolute Gasteiger partial charge is 0.147 e. The maximum absolute atomic E-state index is 13.5. The number of hydrogen-bond donors (Lipinski definition) is 1. The van der Waals surface area contributed by atoms with Gasteiger partial charge in [0, 0.05) is 54.0 Å². The Balaban J connectivity index is 0.000000181. The molecular formula is C22H25BrCl2F2N2O3. The van der Waals surface area contributed by atoms with E-state index in [4.69, 9.17) is 37.8 Å². The van der Waals surface area contributed by atoms with Gasteiger partial charge in [-0.2, -0.15) is 0 Å². The highest BCUT2D eigenvalue weighted by atomic mass is 79.9. The van der Waals surface area contributed by atoms with Crippen molar-refractivity contribution in [2.24, 2.45) is 0 Å². The molecule has 2 aliphatic heterocycles. The summed E-state index contributed by atoms with van der Waals surface area (Å²) < 4.78 is 37.5. The summed E-state index contributed by atoms with van der Waals surface area (Å²) in [4.78, 5) is 4.22. The molecule has 5 nitrogen and oxygen atoms in total. The van der Waals surface area contributed by atoms with E-state index in [1.165, 1.54) is 0 Å². The third-order valence-corrected chi connectivity index (χ3v) is 6.40. The summed E-state index contributed by atoms with van der Waals surface area (Å²) in [6, 6.07) is 6.73. The van der Waals surface area contributed by atoms with Crippen LogP contribution in [-0.4, -0.2) is 57.7 Å². The molecule has 2 heterocycles. The van der Waals surface area contributed by atoms with Crippen LogP contribution in [0.5, 0.6) is 0 Å². The van der Waals surface area contributed by atoms with Gasteiger partial charge in [0.2, 0.25) is 0 Å². The molecule has 0 amide bonds. The molecule has 10 heteroatoms. The number of aliphatic hydroxyl groups excluding tert-OH is 1. The average molecular weight is 554 g/mol. The standard InChI is InChI=1S/C11H12BrClFNO.C11H13ClFNO2/c12-7-8-5-9(6-10(13)11(8)14)15-1-3-16-4-2-15;12-10-6-9(5-8(7-15)11(10)13)14-1-3-16-4-2-14/h5-6H,1-4,7H2;5-6,15H,1-4,7H2. The van der Waals surface area contributed by atoms with Crippen molar-refractivity contribution in [1.29, 1.82) is 0 Å². The fraction of sp³-hybridized carbons (Fsp3) is 0.455. The summed E-state index contributed by atoms with van der Waals surface area (Å²) in [5, 5.41) is 9.72. The number of alkyl halides is 1. The van der Waals surface area contributed by atoms with Crippen LogP contribution in [0.4, 0.5) is 20.2 Å². The van der Waals surface area contributed by atoms with Gasteiger partial charge >= 0.3 is 0 Å². The van der Waals surface area contributed by atoms with Crippen molar-refractivity contribution in [3.8, 4) is 0 Å². The van der Waals surface area contributed by atoms with Crippen molar-refractivity contribution < 1.29 is 23.4 Å². The number of benzene rings is 2. The van der Waals surface area contributed by atoms with Crippen LogP contribution in [0.15, 0.2) is 24.3 Å². The first kappa shape index (κ1) is 25.5. The van der Waals surface area contributed by atoms with E-state index in [9.17, 15) is 8.78 Å². The topological polar surface area (TPSA) is 45.2 Å². The molecule has 0 atom stereocenters. The lowest BCUT2D eigenvalue weighted by molar-refractivity contribution is 0.122. The zero-order chi connectivity index (χ0) is 23.1. The fourth-order valence-corrected chi connectivity index (χ4v) is 4.36. The first-order valence-electron chi connectivity index (χ1n) is 10.2. The predicted molar refractivity (Wildman–Crippen MR) is 127 cm³/mol. The molecule has 2 saturated heterocycles. The van der Waals surface area contributed by atoms with Crippen LogP contribution in [0.1, 0.15) is 11.1 Å². The molecule has 176 valence electrons. The van der Waals surface area contributed by atoms with Crippen LogP contribution in [0.25, 0.3) is 0 Å². The first-order valence-corrected chi connectivity index (χ1v) is 12.1. The Morgan fingerprint density at radius 3 is 1.59 bits per heavy atom. The van der Waals surface area contributed by atoms with Gasteiger partial charge in [0.05, 0.1) is 43.1 Å². The van der Waals surface area contributed by atoms with E-state index in [-0.39, 0.29) is 28.0 Å². The third kappa shape index (κ3) is 6.46. The molecule has 2 aromatic carbocycles. The number of halogens is 5. The lowest BCUT2D eigenvalue weighted by Gasteiger charge is -2.29. The Kier molecular flexibility index (Phi) is 9.82. The molecule has 0 spiro atoms. The number of anilines is 2. The summed E-state index contributed by atoms with van der Waals surface area (Å²) >= 11 is 14.9. The first-order chi connectivity index (χ1) is 15.4. The van der Waals surface area contributed by atoms with Crippen molar-refractivity contribution >= 4 is 50.5 Å². The maximum Gasteiger partial charge on any atom is 0.147 e. The van der Waals surface area contributed by atoms with Gasteiger partial charge in [0.25, 0.3) is 0 Å². The predicted octanol–water partition coefficient (Wildman–Crippen LogP) is 5.02. The highest BCUT2D eigenvalue weighted by Gasteiger charge is 2.16. The van der Waals surface area contributed by atoms with E-state index in [0.29, 0.717) is 37.3 Å². The molecule has 32 heavy (non-hydrogen) atoms. The molecule has 0 aliphatic carbocycles. The number of rotatable bonds is 4. The minimum Gasteiger partial charge on any atom is -0.392 e. The number of aliphatic hydroxyl groups is 1. The van der Waals surface area contributed by atoms with Gasteiger partial charge in [0.15, 0.2) is 0 Å². The molecule has 2 fully saturated rings. The number of nitrogens with zero attached hydrogens (tertiary/aromatic N) is 2. The quantitative estimate of drug-likeness (QED) is 0.539. The van der Waals surface area contributed by atoms with Crippen LogP contribution >= 0.6 is 39.1 Å². The Morgan fingerprint density at radius 2 is 1.19 bits per heavy atom. The zero-order valence-electron chi connectivity index (χ0n) is 17.4. The Bertz CT molecular complexity index is 838. The van der Waals surface area contributed by atoms with E-state index >= 15 is 0 Å². The average Bonchev–Trinajstić information content (AvgIpc) is 2.84. The van der Waals surface area contributed by atoms with Crippen LogP contribution in [0.2, 0.25) is 10.0 Å². The van der Waals surface area contributed by atoms with Gasteiger partial charge in [-0.05, 0) is 24.3 Å². The molecule has 0 radical (unpaired) electrons. The van der Waals surface area contributed by atoms with Crippen LogP contribution in [-0.2, 0) is 21.4 Å². The molecule has 2 aliphatic rings. The Labute approximate surface area is 204 Å². The van der Waals surface area contributed by atoms with Gasteiger partial charge in [-0.3, -0.25) is 0 Å². The maximum atomic E-state index is 13.5. The van der Waals surface area contributed by atoms with E-state index in [1.54, 1.807) is 18.2 Å². The van der Waals surface area contributed by atoms with E-state index < -0.39 is 5.82 Å². The van der Waals surface area contributed by atoms with Gasteiger partial charge < -0.3 is 24.4 Å². The summed E-state index contributed by atoms with van der Waals surface area (Å²) in [6.07, 6.45) is 0. The zero-order valence-corrected chi connectivity index (χ0v) is 20.5. The van der Waals surface area contributed by atoms with Crippen LogP contribution in [0, 0.1) is 11.6 Å². The van der Waals surface area contributed by atoms with Crippen molar-refractivity contribution in [3.63, 3.8) is 0 Å². The van der Waals surface area contributed by atoms with E-state index in [2.05, 4.69) is 25.7 Å². The van der Waals surface area contributed by atoms with Crippen molar-refractivity contribution in [1.82, 2.24) is 0 Å². The molecule has 0 saturated carbocycles. The Hall–Kier alpha value is -1.16. The highest BCUT2D eigenvalue weighted by molar-refractivity contribution is 9.08. The molecule has 4 rings (SSSR count). The number of ether oxygens (including phenoxy) is 2. The second kappa shape index (κ2) is 12.3. The SMILES string of the molecule is Fc1c(Cl)cc(N2CCOCC2)cc1CBr.OCc1cc(N2CCOCC2)cc(Cl)c1F. The highest BCUT2D eigenvalue weighted by Crippen LogP contribution is 2.29. The molecule has 0 aromatic heterocycles. The summed E-state index contributed by atoms with van der Waals surface area (Å²) in [6.45, 7) is 5.54. The van der Waals surface area contributed by atoms with Crippen LogP contribution < -0.4 is 9.80 Å². The number of morpholine rings is 2. The minimum atomic E-state index is -0.541. The molecular weight excluding hydrogens is 529 g/mol. The molecule has 0 unspecified atom stereocenters. The van der Waals surface area contributed by atoms with E-state index in [1.807, 2.05) is 6.07 Å². The second-order valence-electron chi connectivity index (χ2n) is 7.29. The van der Waals surface area contributed by atoms with E-state index in [0.717, 1.165) is 37.6 Å². The van der Waals surface area contributed by atoms with Crippen molar-refractivity contribution in [2.75, 3.05) is 62.4 Å². The second-order valence-corrected chi connectivity index (χ2v) is 8.67. The third-order valence-electron chi connectivity index (χ3n) is 5.24. The largest absolute Gasteiger partial charge is 0.392 e. The minimum absolute atomic E-state index is 0.0491. The molecule has 2 aromatic rings. The molecule has 0 bridgehead atoms. The van der Waals surface area contributed by atoms with Crippen molar-refractivity contribution in [2.45, 2.75) is 11.9 Å². The van der Waals surface area contributed by atoms with Crippen molar-refractivity contribution in [3.05, 3.63) is 57.1 Å². The monoisotopic (exact) mass is 552 g/mol. The van der Waals surface area contributed by atoms with Gasteiger partial charge in [-0.25, -0.2) is 8.78 Å². The van der Waals surface area contributed by atoms with Gasteiger partial charge in [-0.15, -0.1) is 0 Å². The Morgan fingerprint density at radius 1 is 0.781 bits per heavy atom. The normalized spacial score (nSPS) is 16.6. The lowest BCUT2D eigenvalue weighted by Crippen LogP contribution is -2.36. The lowest BCUT2D eigenvalue weighted by atomic mass is 10.1. The number of hydrogen-bond acceptors (Lipinski definition) is 5. The summed E-state index contributed by atoms with van der Waals surface area (Å²) in [5.74, 6) is -0.878. The molecule has 1 N–H and O–H groups in total.